The van der Waals surface area contributed by atoms with E-state index in [2.05, 4.69) is 48.3 Å². The van der Waals surface area contributed by atoms with Crippen LogP contribution in [0.2, 0.25) is 0 Å². The SMILES string of the molecule is CNCCC1Cc2ccccc2N1CC(C)C. The van der Waals surface area contributed by atoms with Crippen LogP contribution < -0.4 is 10.2 Å². The highest BCUT2D eigenvalue weighted by molar-refractivity contribution is 5.59. The van der Waals surface area contributed by atoms with Crippen LogP contribution in [-0.4, -0.2) is 26.2 Å². The minimum Gasteiger partial charge on any atom is -0.368 e. The minimum absolute atomic E-state index is 0.683. The van der Waals surface area contributed by atoms with Crippen molar-refractivity contribution in [3.8, 4) is 0 Å². The van der Waals surface area contributed by atoms with E-state index in [-0.39, 0.29) is 0 Å². The fourth-order valence-corrected chi connectivity index (χ4v) is 2.73. The molecule has 0 radical (unpaired) electrons. The maximum atomic E-state index is 3.27. The molecule has 0 fully saturated rings. The summed E-state index contributed by atoms with van der Waals surface area (Å²) in [6.45, 7) is 6.88. The van der Waals surface area contributed by atoms with Crippen LogP contribution >= 0.6 is 0 Å². The molecule has 0 saturated heterocycles. The molecule has 1 aromatic carbocycles. The Kier molecular flexibility index (Phi) is 4.06. The van der Waals surface area contributed by atoms with Gasteiger partial charge in [-0.25, -0.2) is 0 Å². The zero-order valence-electron chi connectivity index (χ0n) is 11.2. The summed E-state index contributed by atoms with van der Waals surface area (Å²) in [6.07, 6.45) is 2.45. The molecule has 0 bridgehead atoms. The molecule has 2 rings (SSSR count). The van der Waals surface area contributed by atoms with E-state index in [4.69, 9.17) is 0 Å². The highest BCUT2D eigenvalue weighted by atomic mass is 15.2. The molecule has 0 amide bonds. The Morgan fingerprint density at radius 2 is 2.12 bits per heavy atom. The molecule has 0 saturated carbocycles. The number of rotatable bonds is 5. The van der Waals surface area contributed by atoms with Crippen molar-refractivity contribution in [2.75, 3.05) is 25.0 Å². The first-order chi connectivity index (χ1) is 8.22. The second-order valence-corrected chi connectivity index (χ2v) is 5.43. The molecule has 2 nitrogen and oxygen atoms in total. The quantitative estimate of drug-likeness (QED) is 0.839. The molecular formula is C15H24N2. The van der Waals surface area contributed by atoms with Crippen LogP contribution in [0, 0.1) is 5.92 Å². The van der Waals surface area contributed by atoms with Gasteiger partial charge in [-0.1, -0.05) is 32.0 Å². The third kappa shape index (κ3) is 2.81. The topological polar surface area (TPSA) is 15.3 Å². The van der Waals surface area contributed by atoms with Crippen LogP contribution in [0.25, 0.3) is 0 Å². The average molecular weight is 232 g/mol. The van der Waals surface area contributed by atoms with E-state index in [1.54, 1.807) is 0 Å². The molecule has 1 atom stereocenters. The largest absolute Gasteiger partial charge is 0.368 e. The summed E-state index contributed by atoms with van der Waals surface area (Å²) in [5, 5.41) is 3.27. The van der Waals surface area contributed by atoms with Crippen molar-refractivity contribution in [3.63, 3.8) is 0 Å². The van der Waals surface area contributed by atoms with Crippen LogP contribution in [-0.2, 0) is 6.42 Å². The van der Waals surface area contributed by atoms with E-state index < -0.39 is 0 Å². The van der Waals surface area contributed by atoms with Gasteiger partial charge in [-0.3, -0.25) is 0 Å². The standard InChI is InChI=1S/C15H24N2/c1-12(2)11-17-14(8-9-16-3)10-13-6-4-5-7-15(13)17/h4-7,12,14,16H,8-11H2,1-3H3. The number of nitrogens with zero attached hydrogens (tertiary/aromatic N) is 1. The average Bonchev–Trinajstić information content (AvgIpc) is 2.64. The maximum Gasteiger partial charge on any atom is 0.0402 e. The van der Waals surface area contributed by atoms with E-state index in [0.29, 0.717) is 6.04 Å². The van der Waals surface area contributed by atoms with E-state index in [0.717, 1.165) is 12.5 Å². The summed E-state index contributed by atoms with van der Waals surface area (Å²) in [6, 6.07) is 9.56. The summed E-state index contributed by atoms with van der Waals surface area (Å²) in [5.41, 5.74) is 2.98. The Bertz CT molecular complexity index is 360. The van der Waals surface area contributed by atoms with Crippen molar-refractivity contribution >= 4 is 5.69 Å². The zero-order chi connectivity index (χ0) is 12.3. The normalized spacial score (nSPS) is 18.8. The lowest BCUT2D eigenvalue weighted by Gasteiger charge is -2.29. The second-order valence-electron chi connectivity index (χ2n) is 5.43. The smallest absolute Gasteiger partial charge is 0.0402 e. The molecule has 0 aromatic heterocycles. The molecular weight excluding hydrogens is 208 g/mol. The maximum absolute atomic E-state index is 3.27. The molecule has 2 heteroatoms. The Hall–Kier alpha value is -1.02. The number of hydrogen-bond donors (Lipinski definition) is 1. The number of para-hydroxylation sites is 1. The Morgan fingerprint density at radius 3 is 2.82 bits per heavy atom. The molecule has 0 aliphatic carbocycles. The predicted octanol–water partition coefficient (Wildman–Crippen LogP) is 2.68. The first kappa shape index (κ1) is 12.4. The molecule has 0 spiro atoms. The fourth-order valence-electron chi connectivity index (χ4n) is 2.73. The Morgan fingerprint density at radius 1 is 1.35 bits per heavy atom. The summed E-state index contributed by atoms with van der Waals surface area (Å²) < 4.78 is 0. The third-order valence-electron chi connectivity index (χ3n) is 3.49. The van der Waals surface area contributed by atoms with Gasteiger partial charge in [-0.15, -0.1) is 0 Å². The van der Waals surface area contributed by atoms with Crippen molar-refractivity contribution in [1.29, 1.82) is 0 Å². The second kappa shape index (κ2) is 5.54. The van der Waals surface area contributed by atoms with Gasteiger partial charge in [-0.2, -0.15) is 0 Å². The molecule has 1 heterocycles. The third-order valence-corrected chi connectivity index (χ3v) is 3.49. The van der Waals surface area contributed by atoms with Gasteiger partial charge < -0.3 is 10.2 Å². The molecule has 1 aromatic rings. The van der Waals surface area contributed by atoms with Crippen LogP contribution in [0.3, 0.4) is 0 Å². The van der Waals surface area contributed by atoms with Crippen molar-refractivity contribution < 1.29 is 0 Å². The van der Waals surface area contributed by atoms with Gasteiger partial charge in [0, 0.05) is 18.3 Å². The van der Waals surface area contributed by atoms with Gasteiger partial charge >= 0.3 is 0 Å². The molecule has 1 unspecified atom stereocenters. The van der Waals surface area contributed by atoms with Crippen molar-refractivity contribution in [3.05, 3.63) is 29.8 Å². The van der Waals surface area contributed by atoms with E-state index >= 15 is 0 Å². The number of anilines is 1. The molecule has 1 aliphatic rings. The summed E-state index contributed by atoms with van der Waals surface area (Å²) in [4.78, 5) is 2.61. The van der Waals surface area contributed by atoms with Gasteiger partial charge in [0.2, 0.25) is 0 Å². The molecule has 17 heavy (non-hydrogen) atoms. The molecule has 1 aliphatic heterocycles. The summed E-state index contributed by atoms with van der Waals surface area (Å²) >= 11 is 0. The first-order valence-electron chi connectivity index (χ1n) is 6.71. The lowest BCUT2D eigenvalue weighted by atomic mass is 10.1. The van der Waals surface area contributed by atoms with Gasteiger partial charge in [0.25, 0.3) is 0 Å². The lowest BCUT2D eigenvalue weighted by Crippen LogP contribution is -2.36. The molecule has 1 N–H and O–H groups in total. The van der Waals surface area contributed by atoms with Gasteiger partial charge in [0.15, 0.2) is 0 Å². The van der Waals surface area contributed by atoms with Crippen LogP contribution in [0.4, 0.5) is 5.69 Å². The number of fused-ring (bicyclic) bond motifs is 1. The van der Waals surface area contributed by atoms with Crippen molar-refractivity contribution in [2.45, 2.75) is 32.7 Å². The zero-order valence-corrected chi connectivity index (χ0v) is 11.2. The molecule has 94 valence electrons. The van der Waals surface area contributed by atoms with Crippen LogP contribution in [0.5, 0.6) is 0 Å². The van der Waals surface area contributed by atoms with Crippen molar-refractivity contribution in [2.24, 2.45) is 5.92 Å². The van der Waals surface area contributed by atoms with E-state index in [1.807, 2.05) is 7.05 Å². The highest BCUT2D eigenvalue weighted by Gasteiger charge is 2.28. The monoisotopic (exact) mass is 232 g/mol. The summed E-state index contributed by atoms with van der Waals surface area (Å²) in [7, 11) is 2.04. The fraction of sp³-hybridized carbons (Fsp3) is 0.600. The Labute approximate surface area is 105 Å². The predicted molar refractivity (Wildman–Crippen MR) is 74.7 cm³/mol. The number of nitrogens with one attached hydrogen (secondary N) is 1. The van der Waals surface area contributed by atoms with E-state index in [1.165, 1.54) is 30.6 Å². The van der Waals surface area contributed by atoms with Crippen molar-refractivity contribution in [1.82, 2.24) is 5.32 Å². The van der Waals surface area contributed by atoms with Gasteiger partial charge in [-0.05, 0) is 44.0 Å². The minimum atomic E-state index is 0.683. The highest BCUT2D eigenvalue weighted by Crippen LogP contribution is 2.33. The van der Waals surface area contributed by atoms with Crippen LogP contribution in [0.15, 0.2) is 24.3 Å². The van der Waals surface area contributed by atoms with Gasteiger partial charge in [0.1, 0.15) is 0 Å². The van der Waals surface area contributed by atoms with Gasteiger partial charge in [0.05, 0.1) is 0 Å². The number of hydrogen-bond acceptors (Lipinski definition) is 2. The first-order valence-corrected chi connectivity index (χ1v) is 6.71. The van der Waals surface area contributed by atoms with E-state index in [9.17, 15) is 0 Å². The lowest BCUT2D eigenvalue weighted by molar-refractivity contribution is 0.516. The Balaban J connectivity index is 2.14. The van der Waals surface area contributed by atoms with Crippen LogP contribution in [0.1, 0.15) is 25.8 Å². The summed E-state index contributed by atoms with van der Waals surface area (Å²) in [5.74, 6) is 0.721. The number of benzene rings is 1.